The van der Waals surface area contributed by atoms with Gasteiger partial charge in [-0.15, -0.1) is 0 Å². The van der Waals surface area contributed by atoms with Crippen molar-refractivity contribution in [1.29, 1.82) is 0 Å². The van der Waals surface area contributed by atoms with E-state index >= 15 is 0 Å². The number of hydrogen-bond acceptors (Lipinski definition) is 3. The Hall–Kier alpha value is -3.51. The van der Waals surface area contributed by atoms with E-state index in [4.69, 9.17) is 11.6 Å². The van der Waals surface area contributed by atoms with Crippen molar-refractivity contribution in [2.45, 2.75) is 6.92 Å². The smallest absolute Gasteiger partial charge is 0.271 e. The second kappa shape index (κ2) is 9.12. The van der Waals surface area contributed by atoms with E-state index in [1.807, 2.05) is 0 Å². The lowest BCUT2D eigenvalue weighted by Crippen LogP contribution is -2.20. The van der Waals surface area contributed by atoms with Crippen molar-refractivity contribution in [1.82, 2.24) is 5.43 Å². The summed E-state index contributed by atoms with van der Waals surface area (Å²) in [6.07, 6.45) is 0. The van der Waals surface area contributed by atoms with Crippen LogP contribution in [0.5, 0.6) is 0 Å². The van der Waals surface area contributed by atoms with E-state index in [1.54, 1.807) is 67.6 Å². The van der Waals surface area contributed by atoms with Crippen LogP contribution in [0.1, 0.15) is 33.2 Å². The van der Waals surface area contributed by atoms with Crippen molar-refractivity contribution < 1.29 is 14.0 Å². The molecule has 3 aromatic carbocycles. The predicted octanol–water partition coefficient (Wildman–Crippen LogP) is 4.89. The zero-order chi connectivity index (χ0) is 20.8. The molecule has 2 amide bonds. The number of amides is 2. The number of rotatable bonds is 5. The number of carbonyl (C=O) groups is 2. The van der Waals surface area contributed by atoms with E-state index in [9.17, 15) is 14.0 Å². The second-order valence-corrected chi connectivity index (χ2v) is 6.62. The summed E-state index contributed by atoms with van der Waals surface area (Å²) in [5.74, 6) is -1.10. The largest absolute Gasteiger partial charge is 0.322 e. The van der Waals surface area contributed by atoms with Crippen LogP contribution in [0.15, 0.2) is 77.9 Å². The molecule has 146 valence electrons. The van der Waals surface area contributed by atoms with Gasteiger partial charge in [0.15, 0.2) is 0 Å². The van der Waals surface area contributed by atoms with Gasteiger partial charge in [-0.2, -0.15) is 5.10 Å². The van der Waals surface area contributed by atoms with Crippen molar-refractivity contribution in [2.75, 3.05) is 5.32 Å². The van der Waals surface area contributed by atoms with Crippen molar-refractivity contribution in [3.05, 3.63) is 100 Å². The molecule has 0 atom stereocenters. The van der Waals surface area contributed by atoms with Gasteiger partial charge >= 0.3 is 0 Å². The van der Waals surface area contributed by atoms with Gasteiger partial charge in [0.1, 0.15) is 5.82 Å². The minimum absolute atomic E-state index is 0.315. The second-order valence-electron chi connectivity index (χ2n) is 6.19. The lowest BCUT2D eigenvalue weighted by Gasteiger charge is -2.08. The monoisotopic (exact) mass is 409 g/mol. The van der Waals surface area contributed by atoms with Crippen molar-refractivity contribution in [3.8, 4) is 0 Å². The highest BCUT2D eigenvalue weighted by Gasteiger charge is 2.09. The summed E-state index contributed by atoms with van der Waals surface area (Å²) < 4.78 is 13.0. The molecule has 0 heterocycles. The maximum Gasteiger partial charge on any atom is 0.271 e. The number of halogens is 2. The van der Waals surface area contributed by atoms with Gasteiger partial charge in [-0.05, 0) is 67.1 Å². The molecule has 2 N–H and O–H groups in total. The summed E-state index contributed by atoms with van der Waals surface area (Å²) in [5.41, 5.74) is 4.93. The third-order valence-corrected chi connectivity index (χ3v) is 4.33. The Labute approximate surface area is 172 Å². The number of nitrogens with one attached hydrogen (secondary N) is 2. The molecular formula is C22H17ClFN3O2. The average Bonchev–Trinajstić information content (AvgIpc) is 2.73. The molecule has 0 unspecified atom stereocenters. The van der Waals surface area contributed by atoms with E-state index in [2.05, 4.69) is 15.8 Å². The summed E-state index contributed by atoms with van der Waals surface area (Å²) in [6.45, 7) is 1.70. The molecule has 5 nitrogen and oxygen atoms in total. The van der Waals surface area contributed by atoms with Gasteiger partial charge in [0.05, 0.1) is 5.71 Å². The molecule has 0 spiro atoms. The molecule has 0 bridgehead atoms. The Kier molecular flexibility index (Phi) is 6.36. The number of benzene rings is 3. The maximum absolute atomic E-state index is 13.0. The molecule has 0 saturated heterocycles. The third-order valence-electron chi connectivity index (χ3n) is 4.08. The van der Waals surface area contributed by atoms with E-state index < -0.39 is 5.91 Å². The van der Waals surface area contributed by atoms with E-state index in [-0.39, 0.29) is 11.7 Å². The average molecular weight is 410 g/mol. The molecule has 7 heteroatoms. The highest BCUT2D eigenvalue weighted by atomic mass is 35.5. The normalized spacial score (nSPS) is 11.1. The molecule has 0 fully saturated rings. The quantitative estimate of drug-likeness (QED) is 0.465. The van der Waals surface area contributed by atoms with Crippen LogP contribution in [-0.4, -0.2) is 17.5 Å². The first-order chi connectivity index (χ1) is 13.9. The van der Waals surface area contributed by atoms with Crippen molar-refractivity contribution in [2.24, 2.45) is 5.10 Å². The Morgan fingerprint density at radius 2 is 1.52 bits per heavy atom. The van der Waals surface area contributed by atoms with Gasteiger partial charge in [0.2, 0.25) is 0 Å². The minimum atomic E-state index is -0.436. The van der Waals surface area contributed by atoms with Gasteiger partial charge in [0.25, 0.3) is 11.8 Å². The molecule has 0 aliphatic rings. The number of carbonyl (C=O) groups excluding carboxylic acids is 2. The first-order valence-electron chi connectivity index (χ1n) is 8.70. The van der Waals surface area contributed by atoms with Crippen LogP contribution < -0.4 is 10.7 Å². The summed E-state index contributed by atoms with van der Waals surface area (Å²) in [5, 5.41) is 7.32. The number of hydrazone groups is 1. The fraction of sp³-hybridized carbons (Fsp3) is 0.0455. The molecule has 3 aromatic rings. The fourth-order valence-corrected chi connectivity index (χ4v) is 2.62. The molecule has 0 saturated carbocycles. The van der Waals surface area contributed by atoms with Gasteiger partial charge in [-0.25, -0.2) is 9.82 Å². The van der Waals surface area contributed by atoms with E-state index in [0.717, 1.165) is 0 Å². The minimum Gasteiger partial charge on any atom is -0.322 e. The summed E-state index contributed by atoms with van der Waals surface area (Å²) in [6, 6.07) is 18.8. The number of hydrogen-bond donors (Lipinski definition) is 2. The van der Waals surface area contributed by atoms with Gasteiger partial charge in [-0.3, -0.25) is 9.59 Å². The summed E-state index contributed by atoms with van der Waals surface area (Å²) in [7, 11) is 0. The van der Waals surface area contributed by atoms with Gasteiger partial charge in [0, 0.05) is 21.8 Å². The van der Waals surface area contributed by atoms with Crippen LogP contribution in [0, 0.1) is 5.82 Å². The molecule has 29 heavy (non-hydrogen) atoms. The summed E-state index contributed by atoms with van der Waals surface area (Å²) >= 11 is 5.83. The Bertz CT molecular complexity index is 1060. The highest BCUT2D eigenvalue weighted by Crippen LogP contribution is 2.14. The Balaban J connectivity index is 1.67. The number of anilines is 1. The van der Waals surface area contributed by atoms with Crippen LogP contribution >= 0.6 is 11.6 Å². The van der Waals surface area contributed by atoms with Crippen LogP contribution in [0.25, 0.3) is 0 Å². The van der Waals surface area contributed by atoms with Crippen molar-refractivity contribution >= 4 is 34.8 Å². The first-order valence-corrected chi connectivity index (χ1v) is 9.08. The van der Waals surface area contributed by atoms with E-state index in [1.165, 1.54) is 12.1 Å². The topological polar surface area (TPSA) is 70.6 Å². The van der Waals surface area contributed by atoms with Crippen LogP contribution in [0.2, 0.25) is 5.02 Å². The molecule has 3 rings (SSSR count). The zero-order valence-electron chi connectivity index (χ0n) is 15.4. The standard InChI is InChI=1S/C22H17ClFN3O2/c1-14(15-7-11-19(24)12-8-15)26-27-22(29)17-3-2-4-20(13-17)25-21(28)16-5-9-18(23)10-6-16/h2-13H,1H3,(H,25,28)(H,27,29). The molecule has 0 aliphatic heterocycles. The van der Waals surface area contributed by atoms with Gasteiger partial charge < -0.3 is 5.32 Å². The van der Waals surface area contributed by atoms with Crippen LogP contribution in [0.3, 0.4) is 0 Å². The zero-order valence-corrected chi connectivity index (χ0v) is 16.2. The van der Waals surface area contributed by atoms with E-state index in [0.29, 0.717) is 33.1 Å². The maximum atomic E-state index is 13.0. The Morgan fingerprint density at radius 1 is 0.862 bits per heavy atom. The number of nitrogens with zero attached hydrogens (tertiary/aromatic N) is 1. The summed E-state index contributed by atoms with van der Waals surface area (Å²) in [4.78, 5) is 24.7. The van der Waals surface area contributed by atoms with Crippen LogP contribution in [0.4, 0.5) is 10.1 Å². The predicted molar refractivity (Wildman–Crippen MR) is 112 cm³/mol. The first kappa shape index (κ1) is 20.2. The lowest BCUT2D eigenvalue weighted by molar-refractivity contribution is 0.0953. The molecule has 0 aliphatic carbocycles. The van der Waals surface area contributed by atoms with Crippen LogP contribution in [-0.2, 0) is 0 Å². The molecule has 0 radical (unpaired) electrons. The highest BCUT2D eigenvalue weighted by molar-refractivity contribution is 6.30. The lowest BCUT2D eigenvalue weighted by atomic mass is 10.1. The van der Waals surface area contributed by atoms with Gasteiger partial charge in [-0.1, -0.05) is 29.8 Å². The fourth-order valence-electron chi connectivity index (χ4n) is 2.50. The SMILES string of the molecule is CC(=NNC(=O)c1cccc(NC(=O)c2ccc(Cl)cc2)c1)c1ccc(F)cc1. The third kappa shape index (κ3) is 5.49. The Morgan fingerprint density at radius 3 is 2.21 bits per heavy atom. The molecular weight excluding hydrogens is 393 g/mol. The van der Waals surface area contributed by atoms with Crippen molar-refractivity contribution in [3.63, 3.8) is 0 Å². The molecule has 0 aromatic heterocycles.